The quantitative estimate of drug-likeness (QED) is 0.0756. The van der Waals surface area contributed by atoms with Gasteiger partial charge in [-0.3, -0.25) is 33.6 Å². The molecule has 11 bridgehead atoms. The molecule has 110 heavy (non-hydrogen) atoms. The number of fused-ring (bicyclic) bond motifs is 15. The molecule has 3 saturated heterocycles. The molecule has 594 valence electrons. The predicted molar refractivity (Wildman–Crippen MR) is 384 cm³/mol. The molecule has 34 nitrogen and oxygen atoms in total. The van der Waals surface area contributed by atoms with Crippen LogP contribution in [0.2, 0.25) is 10.0 Å². The first kappa shape index (κ1) is 82.1. The second-order valence-corrected chi connectivity index (χ2v) is 30.4. The number of ketones is 2. The van der Waals surface area contributed by atoms with Gasteiger partial charge in [-0.15, -0.1) is 0 Å². The van der Waals surface area contributed by atoms with Crippen molar-refractivity contribution in [2.24, 2.45) is 34.8 Å². The summed E-state index contributed by atoms with van der Waals surface area (Å²) in [5.41, 5.74) is 20.0. The van der Waals surface area contributed by atoms with E-state index in [0.717, 1.165) is 48.5 Å². The van der Waals surface area contributed by atoms with Gasteiger partial charge >= 0.3 is 5.97 Å². The van der Waals surface area contributed by atoms with Gasteiger partial charge in [0.1, 0.15) is 77.4 Å². The number of phenols is 3. The van der Waals surface area contributed by atoms with Gasteiger partial charge in [0.15, 0.2) is 47.8 Å². The summed E-state index contributed by atoms with van der Waals surface area (Å²) < 4.78 is 51.7. The van der Waals surface area contributed by atoms with Crippen LogP contribution >= 0.6 is 23.2 Å². The number of primary amides is 1. The molecule has 0 aromatic heterocycles. The smallest absolute Gasteiger partial charge is 0.330 e. The largest absolute Gasteiger partial charge is 0.508 e. The molecular weight excluding hydrogens is 1490 g/mol. The number of hydrogen-bond donors (Lipinski definition) is 18. The van der Waals surface area contributed by atoms with Crippen LogP contribution < -0.4 is 58.4 Å². The van der Waals surface area contributed by atoms with Crippen LogP contribution in [-0.2, 0) is 62.0 Å². The lowest BCUT2D eigenvalue weighted by Gasteiger charge is -2.47. The predicted octanol–water partition coefficient (Wildman–Crippen LogP) is 2.06. The van der Waals surface area contributed by atoms with Crippen LogP contribution in [0.5, 0.6) is 46.0 Å². The van der Waals surface area contributed by atoms with E-state index in [1.807, 2.05) is 0 Å². The molecule has 8 aliphatic rings. The molecule has 36 heteroatoms. The van der Waals surface area contributed by atoms with Gasteiger partial charge in [0.2, 0.25) is 41.6 Å². The second-order valence-electron chi connectivity index (χ2n) is 29.6. The van der Waals surface area contributed by atoms with Gasteiger partial charge in [0.25, 0.3) is 0 Å². The molecule has 22 N–H and O–H groups in total. The van der Waals surface area contributed by atoms with Gasteiger partial charge < -0.3 is 133 Å². The molecule has 3 fully saturated rings. The second kappa shape index (κ2) is 32.8. The number of amides is 5. The fourth-order valence-electron chi connectivity index (χ4n) is 14.6. The highest BCUT2D eigenvalue weighted by Crippen LogP contribution is 2.51. The number of carbonyl (C=O) groups excluding carboxylic acids is 7. The Morgan fingerprint density at radius 1 is 0.682 bits per heavy atom. The Morgan fingerprint density at radius 2 is 1.27 bits per heavy atom. The Bertz CT molecular complexity index is 4400. The first-order chi connectivity index (χ1) is 51.7. The molecule has 0 aliphatic carbocycles. The molecule has 22 atom stereocenters. The number of nitrogens with two attached hydrogens (primary N) is 4. The number of rotatable bonds is 14. The van der Waals surface area contributed by atoms with Gasteiger partial charge in [0, 0.05) is 65.9 Å². The van der Waals surface area contributed by atoms with Crippen molar-refractivity contribution >= 4 is 70.3 Å². The van der Waals surface area contributed by atoms with Gasteiger partial charge in [0.05, 0.1) is 58.9 Å². The maximum absolute atomic E-state index is 16.5. The van der Waals surface area contributed by atoms with Crippen LogP contribution in [0.4, 0.5) is 0 Å². The Balaban J connectivity index is 1.19. The van der Waals surface area contributed by atoms with Crippen LogP contribution in [0.3, 0.4) is 0 Å². The molecule has 13 rings (SSSR count). The van der Waals surface area contributed by atoms with Crippen molar-refractivity contribution in [3.05, 3.63) is 117 Å². The number of carbonyl (C=O) groups is 8. The molecule has 5 aromatic carbocycles. The third-order valence-electron chi connectivity index (χ3n) is 20.4. The van der Waals surface area contributed by atoms with E-state index in [9.17, 15) is 70.2 Å². The van der Waals surface area contributed by atoms with Crippen molar-refractivity contribution in [2.45, 2.75) is 207 Å². The Labute approximate surface area is 638 Å². The number of carboxylic acids is 1. The summed E-state index contributed by atoms with van der Waals surface area (Å²) >= 11 is 14.5. The molecule has 5 amide bonds. The zero-order chi connectivity index (χ0) is 80.2. The lowest BCUT2D eigenvalue weighted by molar-refractivity contribution is -0.333. The van der Waals surface area contributed by atoms with E-state index in [0.29, 0.717) is 0 Å². The number of halogens is 2. The number of aliphatic carboxylic acids is 1. The Hall–Kier alpha value is -8.92. The Morgan fingerprint density at radius 3 is 1.85 bits per heavy atom. The summed E-state index contributed by atoms with van der Waals surface area (Å²) in [5.74, 6) is -19.1. The highest BCUT2D eigenvalue weighted by Gasteiger charge is 2.52. The van der Waals surface area contributed by atoms with Crippen LogP contribution in [0, 0.1) is 11.8 Å². The standard InChI is InChI=1S/C74H88Cl2N8O26/c1-27(2)13-41(77)69(99)83-57-44(89)17-34(20-51(78)91)67(97)81-55-33-18-48(105-46-11-8-31(59(57)92)15-39(46)75)63(110-72-64(61(94)60(93)50(26-85)107-72)109-53-25-74(6,80)66(96)29(4)104-53)49(19-33)106-47-12-9-32(16-40(47)76)62(108-52-24-73(5,79)65(95)28(3)103-52)58-70(100)82-56(71(101)102)38-21-35(86)22-43(88)54(38)37-14-30(7-10-42(37)87)36(23-45(55)90)68(98)84-58/h7-12,14-16,18-19,21-22,27-29,34,36,41,50,52-53,55-62,64-66,72,85-88,92-96H,13,17,20,23-26,77,79-80H2,1-6H3,(H2,78,91)(H,81,97)(H,82,100)(H,83,99)(H,84,98)(H,101,102)/t28?,29?,34-,36?,41+,50?,52?,53?,55+,56+,57?,58-,59+,60?,61?,62+,64?,65?,66?,72?,73?,74?/m0/s1. The summed E-state index contributed by atoms with van der Waals surface area (Å²) in [4.78, 5) is 120. The molecule has 5 aromatic rings. The molecule has 15 unspecified atom stereocenters. The third kappa shape index (κ3) is 17.4. The fourth-order valence-corrected chi connectivity index (χ4v) is 15.0. The molecule has 0 radical (unpaired) electrons. The SMILES string of the molecule is CC(C)C[C@@H](N)C(=O)NC1C(=O)C[C@@H](CC(N)=O)C(=O)N[C@H]2C(=O)CC3C(=O)N[C@H](C(=O)N[C@@H](C(=O)O)c4cc(O)cc(O)c4-c4cc3ccc4O)[C@H](OC3CC(C)(N)C(O)C(C)O3)c3ccc(c(Cl)c3)Oc3cc2cc(c3OC2OC(CO)C(O)C(O)C2OC2CC(C)(N)C(O)C(C)O2)Oc2ccc(cc2Cl)[C@H]1O. The van der Waals surface area contributed by atoms with E-state index in [-0.39, 0.29) is 58.4 Å². The van der Waals surface area contributed by atoms with Crippen LogP contribution in [-0.4, -0.2) is 202 Å². The van der Waals surface area contributed by atoms with Crippen molar-refractivity contribution in [3.8, 4) is 57.1 Å². The normalized spacial score (nSPS) is 32.4. The number of phenolic OH excluding ortho intramolecular Hbond substituents is 3. The highest BCUT2D eigenvalue weighted by atomic mass is 35.5. The minimum absolute atomic E-state index is 0.0900. The maximum atomic E-state index is 16.5. The van der Waals surface area contributed by atoms with Gasteiger partial charge in [-0.05, 0) is 117 Å². The number of nitrogens with one attached hydrogen (secondary N) is 4. The topological polar surface area (TPSA) is 565 Å². The fraction of sp³-hybridized carbons (Fsp3) is 0.486. The zero-order valence-corrected chi connectivity index (χ0v) is 61.7. The molecular formula is C74H88Cl2N8O26. The third-order valence-corrected chi connectivity index (χ3v) is 21.0. The van der Waals surface area contributed by atoms with Crippen molar-refractivity contribution in [3.63, 3.8) is 0 Å². The minimum atomic E-state index is -2.27. The molecule has 0 saturated carbocycles. The van der Waals surface area contributed by atoms with Crippen LogP contribution in [0.15, 0.2) is 78.9 Å². The average molecular weight is 1580 g/mol. The van der Waals surface area contributed by atoms with Crippen molar-refractivity contribution < 1.29 is 127 Å². The Kier molecular flexibility index (Phi) is 24.5. The van der Waals surface area contributed by atoms with E-state index in [1.54, 1.807) is 13.8 Å². The highest BCUT2D eigenvalue weighted by molar-refractivity contribution is 6.32. The molecule has 8 heterocycles. The van der Waals surface area contributed by atoms with E-state index < -0.39 is 268 Å². The number of ether oxygens (including phenoxy) is 8. The summed E-state index contributed by atoms with van der Waals surface area (Å²) in [6, 6.07) is 4.40. The van der Waals surface area contributed by atoms with Crippen molar-refractivity contribution in [1.29, 1.82) is 0 Å². The van der Waals surface area contributed by atoms with Gasteiger partial charge in [-0.1, -0.05) is 55.2 Å². The summed E-state index contributed by atoms with van der Waals surface area (Å²) in [7, 11) is 0. The van der Waals surface area contributed by atoms with Gasteiger partial charge in [-0.2, -0.15) is 0 Å². The first-order valence-corrected chi connectivity index (χ1v) is 36.1. The maximum Gasteiger partial charge on any atom is 0.330 e. The van der Waals surface area contributed by atoms with Crippen molar-refractivity contribution in [2.75, 3.05) is 6.61 Å². The number of aliphatic hydroxyl groups is 6. The zero-order valence-electron chi connectivity index (χ0n) is 60.1. The van der Waals surface area contributed by atoms with E-state index in [2.05, 4.69) is 21.3 Å². The molecule has 8 aliphatic heterocycles. The van der Waals surface area contributed by atoms with Crippen LogP contribution in [0.1, 0.15) is 138 Å². The number of carboxylic acid groups (broad SMARTS) is 1. The van der Waals surface area contributed by atoms with Crippen LogP contribution in [0.25, 0.3) is 11.1 Å². The minimum Gasteiger partial charge on any atom is -0.508 e. The summed E-state index contributed by atoms with van der Waals surface area (Å²) in [5, 5.41) is 124. The van der Waals surface area contributed by atoms with E-state index >= 15 is 19.2 Å². The number of benzene rings is 5. The summed E-state index contributed by atoms with van der Waals surface area (Å²) in [6.45, 7) is 8.53. The lowest BCUT2D eigenvalue weighted by Crippen LogP contribution is -2.64. The first-order valence-electron chi connectivity index (χ1n) is 35.3. The average Bonchev–Trinajstić information content (AvgIpc) is 0.763. The lowest BCUT2D eigenvalue weighted by atomic mass is 9.84. The van der Waals surface area contributed by atoms with E-state index in [4.69, 9.17) is 84.0 Å². The number of aliphatic hydroxyl groups excluding tert-OH is 6. The number of Topliss-reactive ketones (excluding diaryl/α,β-unsaturated/α-hetero) is 2. The monoisotopic (exact) mass is 1570 g/mol. The number of hydrogen-bond acceptors (Lipinski definition) is 28. The molecule has 0 spiro atoms. The van der Waals surface area contributed by atoms with E-state index in [1.165, 1.54) is 58.0 Å². The number of aromatic hydroxyl groups is 3. The van der Waals surface area contributed by atoms with Gasteiger partial charge in [-0.25, -0.2) is 4.79 Å². The van der Waals surface area contributed by atoms with Crippen molar-refractivity contribution in [1.82, 2.24) is 21.3 Å². The summed E-state index contributed by atoms with van der Waals surface area (Å²) in [6.07, 6.45) is -24.7.